The molecule has 1 aliphatic heterocycles. The molecule has 126 valence electrons. The average molecular weight is 390 g/mol. The number of hydrogen-bond donors (Lipinski definition) is 1. The summed E-state index contributed by atoms with van der Waals surface area (Å²) in [4.78, 5) is 23.1. The van der Waals surface area contributed by atoms with E-state index in [0.29, 0.717) is 23.4 Å². The van der Waals surface area contributed by atoms with Gasteiger partial charge >= 0.3 is 5.97 Å². The highest BCUT2D eigenvalue weighted by molar-refractivity contribution is 9.10. The summed E-state index contributed by atoms with van der Waals surface area (Å²) < 4.78 is 28.6. The molecule has 0 aromatic heterocycles. The van der Waals surface area contributed by atoms with Gasteiger partial charge in [0.05, 0.1) is 10.6 Å². The molecule has 0 unspecified atom stereocenters. The highest BCUT2D eigenvalue weighted by atomic mass is 79.9. The Labute approximate surface area is 141 Å². The molecule has 8 heteroatoms. The number of hydrogen-bond acceptors (Lipinski definition) is 5. The van der Waals surface area contributed by atoms with Crippen molar-refractivity contribution in [1.82, 2.24) is 5.32 Å². The Morgan fingerprint density at radius 2 is 2.22 bits per heavy atom. The summed E-state index contributed by atoms with van der Waals surface area (Å²) in [6.07, 6.45) is 1.94. The number of halogens is 2. The van der Waals surface area contributed by atoms with Crippen LogP contribution in [0.15, 0.2) is 22.7 Å². The predicted octanol–water partition coefficient (Wildman–Crippen LogP) is 1.81. The van der Waals surface area contributed by atoms with Gasteiger partial charge in [0.1, 0.15) is 11.6 Å². The van der Waals surface area contributed by atoms with Crippen LogP contribution in [0.2, 0.25) is 0 Å². The molecule has 1 amide bonds. The monoisotopic (exact) mass is 389 g/mol. The van der Waals surface area contributed by atoms with Gasteiger partial charge in [-0.05, 0) is 47.0 Å². The van der Waals surface area contributed by atoms with Gasteiger partial charge in [-0.1, -0.05) is 0 Å². The first-order valence-corrected chi connectivity index (χ1v) is 7.95. The molecular weight excluding hydrogens is 373 g/mol. The van der Waals surface area contributed by atoms with Crippen molar-refractivity contribution in [2.24, 2.45) is 0 Å². The van der Waals surface area contributed by atoms with E-state index in [4.69, 9.17) is 14.2 Å². The summed E-state index contributed by atoms with van der Waals surface area (Å²) in [5.41, 5.74) is 0. The number of nitrogens with one attached hydrogen (secondary N) is 1. The van der Waals surface area contributed by atoms with Crippen LogP contribution >= 0.6 is 15.9 Å². The van der Waals surface area contributed by atoms with Crippen LogP contribution in [0.4, 0.5) is 4.39 Å². The highest BCUT2D eigenvalue weighted by Crippen LogP contribution is 2.25. The first kappa shape index (κ1) is 17.7. The van der Waals surface area contributed by atoms with Crippen LogP contribution in [-0.4, -0.2) is 44.3 Å². The van der Waals surface area contributed by atoms with Crippen LogP contribution in [-0.2, 0) is 19.1 Å². The van der Waals surface area contributed by atoms with Gasteiger partial charge in [-0.25, -0.2) is 9.18 Å². The second kappa shape index (κ2) is 8.83. The van der Waals surface area contributed by atoms with Gasteiger partial charge in [0, 0.05) is 13.2 Å². The summed E-state index contributed by atoms with van der Waals surface area (Å²) in [5, 5.41) is 2.64. The van der Waals surface area contributed by atoms with Crippen LogP contribution in [0, 0.1) is 5.82 Å². The summed E-state index contributed by atoms with van der Waals surface area (Å²) in [7, 11) is 0. The smallest absolute Gasteiger partial charge is 0.344 e. The maximum atomic E-state index is 12.9. The Morgan fingerprint density at radius 1 is 1.39 bits per heavy atom. The number of carbonyl (C=O) groups is 2. The topological polar surface area (TPSA) is 73.9 Å². The van der Waals surface area contributed by atoms with E-state index < -0.39 is 17.7 Å². The minimum atomic E-state index is -0.687. The lowest BCUT2D eigenvalue weighted by Gasteiger charge is -2.11. The number of benzene rings is 1. The van der Waals surface area contributed by atoms with Crippen LogP contribution < -0.4 is 10.1 Å². The Bertz CT molecular complexity index is 563. The van der Waals surface area contributed by atoms with Gasteiger partial charge in [0.25, 0.3) is 5.91 Å². The Morgan fingerprint density at radius 3 is 2.91 bits per heavy atom. The molecule has 0 radical (unpaired) electrons. The summed E-state index contributed by atoms with van der Waals surface area (Å²) >= 11 is 3.12. The minimum absolute atomic E-state index is 0.0359. The molecule has 0 spiro atoms. The lowest BCUT2D eigenvalue weighted by atomic mass is 10.2. The van der Waals surface area contributed by atoms with Crippen molar-refractivity contribution >= 4 is 27.8 Å². The minimum Gasteiger partial charge on any atom is -0.481 e. The van der Waals surface area contributed by atoms with Gasteiger partial charge < -0.3 is 19.5 Å². The van der Waals surface area contributed by atoms with Crippen molar-refractivity contribution < 1.29 is 28.2 Å². The van der Waals surface area contributed by atoms with E-state index in [9.17, 15) is 14.0 Å². The third kappa shape index (κ3) is 6.15. The fraction of sp³-hybridized carbons (Fsp3) is 0.467. The zero-order valence-electron chi connectivity index (χ0n) is 12.3. The van der Waals surface area contributed by atoms with Gasteiger partial charge in [-0.2, -0.15) is 0 Å². The highest BCUT2D eigenvalue weighted by Gasteiger charge is 2.16. The Kier molecular flexibility index (Phi) is 6.79. The first-order chi connectivity index (χ1) is 11.0. The van der Waals surface area contributed by atoms with E-state index in [1.54, 1.807) is 0 Å². The molecule has 0 aliphatic carbocycles. The maximum Gasteiger partial charge on any atom is 0.344 e. The standard InChI is InChI=1S/C15H17BrFNO5/c16-12-6-10(17)3-4-13(12)22-9-15(20)23-8-14(19)18-7-11-2-1-5-21-11/h3-4,6,11H,1-2,5,7-9H2,(H,18,19)/t11-/m1/s1. The van der Waals surface area contributed by atoms with Crippen molar-refractivity contribution in [2.75, 3.05) is 26.4 Å². The first-order valence-electron chi connectivity index (χ1n) is 7.16. The van der Waals surface area contributed by atoms with E-state index >= 15 is 0 Å². The lowest BCUT2D eigenvalue weighted by molar-refractivity contribution is -0.150. The maximum absolute atomic E-state index is 12.9. The molecule has 23 heavy (non-hydrogen) atoms. The largest absolute Gasteiger partial charge is 0.481 e. The van der Waals surface area contributed by atoms with E-state index in [-0.39, 0.29) is 19.3 Å². The third-order valence-electron chi connectivity index (χ3n) is 3.15. The fourth-order valence-corrected chi connectivity index (χ4v) is 2.47. The number of ether oxygens (including phenoxy) is 3. The average Bonchev–Trinajstić information content (AvgIpc) is 3.03. The third-order valence-corrected chi connectivity index (χ3v) is 3.77. The normalized spacial score (nSPS) is 16.9. The van der Waals surface area contributed by atoms with Crippen molar-refractivity contribution in [1.29, 1.82) is 0 Å². The van der Waals surface area contributed by atoms with E-state index in [2.05, 4.69) is 21.2 Å². The molecule has 1 fully saturated rings. The zero-order valence-corrected chi connectivity index (χ0v) is 13.9. The van der Waals surface area contributed by atoms with Crippen molar-refractivity contribution in [2.45, 2.75) is 18.9 Å². The van der Waals surface area contributed by atoms with Crippen LogP contribution in [0.5, 0.6) is 5.75 Å². The second-order valence-electron chi connectivity index (χ2n) is 4.96. The Balaban J connectivity index is 1.63. The summed E-state index contributed by atoms with van der Waals surface area (Å²) in [6.45, 7) is 0.379. The van der Waals surface area contributed by atoms with Crippen molar-refractivity contribution in [3.63, 3.8) is 0 Å². The number of esters is 1. The molecule has 1 aromatic rings. The van der Waals surface area contributed by atoms with Crippen LogP contribution in [0.3, 0.4) is 0 Å². The number of amides is 1. The van der Waals surface area contributed by atoms with Crippen molar-refractivity contribution in [3.05, 3.63) is 28.5 Å². The van der Waals surface area contributed by atoms with Gasteiger partial charge in [-0.15, -0.1) is 0 Å². The number of carbonyl (C=O) groups excluding carboxylic acids is 2. The summed E-state index contributed by atoms with van der Waals surface area (Å²) in [6, 6.07) is 3.82. The van der Waals surface area contributed by atoms with E-state index in [1.165, 1.54) is 18.2 Å². The molecule has 0 saturated carbocycles. The summed E-state index contributed by atoms with van der Waals surface area (Å²) in [5.74, 6) is -1.19. The molecule has 2 rings (SSSR count). The quantitative estimate of drug-likeness (QED) is 0.719. The van der Waals surface area contributed by atoms with Crippen molar-refractivity contribution in [3.8, 4) is 5.75 Å². The molecule has 1 heterocycles. The van der Waals surface area contributed by atoms with Gasteiger partial charge in [0.15, 0.2) is 13.2 Å². The molecule has 1 aromatic carbocycles. The van der Waals surface area contributed by atoms with Crippen LogP contribution in [0.1, 0.15) is 12.8 Å². The molecule has 6 nitrogen and oxygen atoms in total. The second-order valence-corrected chi connectivity index (χ2v) is 5.82. The molecule has 1 atom stereocenters. The molecule has 0 bridgehead atoms. The Hall–Kier alpha value is -1.67. The zero-order chi connectivity index (χ0) is 16.7. The van der Waals surface area contributed by atoms with Crippen LogP contribution in [0.25, 0.3) is 0 Å². The SMILES string of the molecule is O=C(COC(=O)COc1ccc(F)cc1Br)NC[C@H]1CCCO1. The van der Waals surface area contributed by atoms with E-state index in [0.717, 1.165) is 12.8 Å². The molecule has 1 N–H and O–H groups in total. The molecular formula is C15H17BrFNO5. The van der Waals surface area contributed by atoms with Gasteiger partial charge in [-0.3, -0.25) is 4.79 Å². The number of rotatable bonds is 7. The van der Waals surface area contributed by atoms with E-state index in [1.807, 2.05) is 0 Å². The fourth-order valence-electron chi connectivity index (χ4n) is 2.00. The molecule has 1 saturated heterocycles. The predicted molar refractivity (Wildman–Crippen MR) is 82.5 cm³/mol. The lowest BCUT2D eigenvalue weighted by Crippen LogP contribution is -2.35. The molecule has 1 aliphatic rings. The van der Waals surface area contributed by atoms with Gasteiger partial charge in [0.2, 0.25) is 0 Å².